The standard InChI is InChI=1S/C16H14N4S2/c17-6-5-12-15(11-3-1-7-18-9-11)19-16-20(12)13(10-22-16)14-4-2-8-21-14/h1-4,7-10H,5-6,17H2. The molecule has 0 aromatic carbocycles. The van der Waals surface area contributed by atoms with Gasteiger partial charge in [0.25, 0.3) is 0 Å². The van der Waals surface area contributed by atoms with Gasteiger partial charge in [0.2, 0.25) is 0 Å². The number of rotatable bonds is 4. The van der Waals surface area contributed by atoms with Crippen molar-refractivity contribution in [3.8, 4) is 21.8 Å². The van der Waals surface area contributed by atoms with Crippen LogP contribution in [0.2, 0.25) is 0 Å². The van der Waals surface area contributed by atoms with Crippen LogP contribution >= 0.6 is 22.7 Å². The van der Waals surface area contributed by atoms with Gasteiger partial charge in [-0.05, 0) is 30.1 Å². The van der Waals surface area contributed by atoms with Crippen molar-refractivity contribution in [1.82, 2.24) is 14.4 Å². The third kappa shape index (κ3) is 2.16. The van der Waals surface area contributed by atoms with Crippen molar-refractivity contribution < 1.29 is 0 Å². The highest BCUT2D eigenvalue weighted by molar-refractivity contribution is 7.17. The van der Waals surface area contributed by atoms with E-state index < -0.39 is 0 Å². The van der Waals surface area contributed by atoms with Gasteiger partial charge in [0.1, 0.15) is 0 Å². The molecule has 2 N–H and O–H groups in total. The molecule has 0 spiro atoms. The fraction of sp³-hybridized carbons (Fsp3) is 0.125. The molecule has 0 aliphatic carbocycles. The van der Waals surface area contributed by atoms with Crippen LogP contribution in [-0.2, 0) is 6.42 Å². The molecule has 4 rings (SSSR count). The first-order chi connectivity index (χ1) is 10.9. The Labute approximate surface area is 135 Å². The SMILES string of the molecule is NCCc1c(-c2cccnc2)nc2scc(-c3cccs3)n12. The smallest absolute Gasteiger partial charge is 0.194 e. The van der Waals surface area contributed by atoms with Crippen molar-refractivity contribution >= 4 is 27.6 Å². The summed E-state index contributed by atoms with van der Waals surface area (Å²) in [5.41, 5.74) is 10.2. The molecule has 110 valence electrons. The Morgan fingerprint density at radius 3 is 2.86 bits per heavy atom. The van der Waals surface area contributed by atoms with E-state index in [1.807, 2.05) is 18.3 Å². The van der Waals surface area contributed by atoms with E-state index in [1.54, 1.807) is 28.9 Å². The molecule has 0 aliphatic rings. The Morgan fingerprint density at radius 1 is 1.18 bits per heavy atom. The van der Waals surface area contributed by atoms with Gasteiger partial charge in [-0.25, -0.2) is 4.98 Å². The number of thiazole rings is 1. The van der Waals surface area contributed by atoms with Gasteiger partial charge >= 0.3 is 0 Å². The van der Waals surface area contributed by atoms with Crippen LogP contribution in [-0.4, -0.2) is 20.9 Å². The number of thiophene rings is 1. The average Bonchev–Trinajstić information content (AvgIpc) is 3.25. The van der Waals surface area contributed by atoms with Crippen LogP contribution in [0.1, 0.15) is 5.69 Å². The van der Waals surface area contributed by atoms with E-state index in [4.69, 9.17) is 10.7 Å². The van der Waals surface area contributed by atoms with Crippen LogP contribution in [0.15, 0.2) is 47.4 Å². The van der Waals surface area contributed by atoms with Crippen LogP contribution in [0, 0.1) is 0 Å². The second-order valence-electron chi connectivity index (χ2n) is 4.90. The van der Waals surface area contributed by atoms with Crippen molar-refractivity contribution in [2.45, 2.75) is 6.42 Å². The Hall–Kier alpha value is -2.02. The molecule has 0 bridgehead atoms. The quantitative estimate of drug-likeness (QED) is 0.622. The molecular weight excluding hydrogens is 312 g/mol. The Morgan fingerprint density at radius 2 is 2.14 bits per heavy atom. The maximum atomic E-state index is 5.84. The number of nitrogens with two attached hydrogens (primary N) is 1. The van der Waals surface area contributed by atoms with Gasteiger partial charge in [-0.1, -0.05) is 6.07 Å². The number of hydrogen-bond donors (Lipinski definition) is 1. The van der Waals surface area contributed by atoms with E-state index in [1.165, 1.54) is 10.6 Å². The lowest BCUT2D eigenvalue weighted by Gasteiger charge is -2.05. The normalized spacial score (nSPS) is 11.3. The molecule has 6 heteroatoms. The number of fused-ring (bicyclic) bond motifs is 1. The van der Waals surface area contributed by atoms with Gasteiger partial charge in [-0.3, -0.25) is 9.38 Å². The van der Waals surface area contributed by atoms with Crippen molar-refractivity contribution in [3.63, 3.8) is 0 Å². The van der Waals surface area contributed by atoms with Crippen LogP contribution in [0.5, 0.6) is 0 Å². The molecule has 0 unspecified atom stereocenters. The van der Waals surface area contributed by atoms with Gasteiger partial charge in [-0.2, -0.15) is 0 Å². The maximum absolute atomic E-state index is 5.84. The average molecular weight is 326 g/mol. The third-order valence-electron chi connectivity index (χ3n) is 3.55. The lowest BCUT2D eigenvalue weighted by molar-refractivity contribution is 0.914. The molecule has 4 aromatic heterocycles. The molecule has 0 radical (unpaired) electrons. The highest BCUT2D eigenvalue weighted by Crippen LogP contribution is 2.34. The summed E-state index contributed by atoms with van der Waals surface area (Å²) in [5.74, 6) is 0. The summed E-state index contributed by atoms with van der Waals surface area (Å²) in [5, 5.41) is 4.27. The van der Waals surface area contributed by atoms with E-state index in [-0.39, 0.29) is 0 Å². The lowest BCUT2D eigenvalue weighted by Crippen LogP contribution is -2.06. The molecule has 0 fully saturated rings. The monoisotopic (exact) mass is 326 g/mol. The molecule has 0 aliphatic heterocycles. The topological polar surface area (TPSA) is 56.2 Å². The molecular formula is C16H14N4S2. The van der Waals surface area contributed by atoms with E-state index in [9.17, 15) is 0 Å². The Kier molecular flexibility index (Phi) is 3.49. The third-order valence-corrected chi connectivity index (χ3v) is 5.27. The molecule has 0 atom stereocenters. The van der Waals surface area contributed by atoms with Crippen molar-refractivity contribution in [2.75, 3.05) is 6.54 Å². The van der Waals surface area contributed by atoms with Crippen LogP contribution < -0.4 is 5.73 Å². The lowest BCUT2D eigenvalue weighted by atomic mass is 10.1. The molecule has 4 nitrogen and oxygen atoms in total. The fourth-order valence-corrected chi connectivity index (χ4v) is 4.33. The molecule has 0 saturated carbocycles. The summed E-state index contributed by atoms with van der Waals surface area (Å²) in [6.07, 6.45) is 4.43. The van der Waals surface area contributed by atoms with Crippen LogP contribution in [0.25, 0.3) is 26.8 Å². The summed E-state index contributed by atoms with van der Waals surface area (Å²) in [6.45, 7) is 0.598. The second kappa shape index (κ2) is 5.64. The fourth-order valence-electron chi connectivity index (χ4n) is 2.61. The van der Waals surface area contributed by atoms with Crippen molar-refractivity contribution in [3.05, 3.63) is 53.1 Å². The minimum Gasteiger partial charge on any atom is -0.330 e. The molecule has 22 heavy (non-hydrogen) atoms. The summed E-state index contributed by atoms with van der Waals surface area (Å²) < 4.78 is 2.24. The van der Waals surface area contributed by atoms with Gasteiger partial charge in [0.05, 0.1) is 22.0 Å². The summed E-state index contributed by atoms with van der Waals surface area (Å²) in [7, 11) is 0. The van der Waals surface area contributed by atoms with Gasteiger partial charge < -0.3 is 5.73 Å². The summed E-state index contributed by atoms with van der Waals surface area (Å²) in [6, 6.07) is 8.20. The van der Waals surface area contributed by atoms with E-state index in [0.717, 1.165) is 28.3 Å². The van der Waals surface area contributed by atoms with Gasteiger partial charge in [0, 0.05) is 29.8 Å². The van der Waals surface area contributed by atoms with E-state index >= 15 is 0 Å². The summed E-state index contributed by atoms with van der Waals surface area (Å²) >= 11 is 3.41. The first-order valence-electron chi connectivity index (χ1n) is 7.01. The largest absolute Gasteiger partial charge is 0.330 e. The zero-order chi connectivity index (χ0) is 14.9. The highest BCUT2D eigenvalue weighted by atomic mass is 32.1. The zero-order valence-corrected chi connectivity index (χ0v) is 13.4. The molecule has 0 saturated heterocycles. The predicted octanol–water partition coefficient (Wildman–Crippen LogP) is 3.69. The molecule has 4 heterocycles. The Balaban J connectivity index is 1.98. The zero-order valence-electron chi connectivity index (χ0n) is 11.8. The predicted molar refractivity (Wildman–Crippen MR) is 92.4 cm³/mol. The Bertz CT molecular complexity index is 891. The minimum atomic E-state index is 0.598. The first-order valence-corrected chi connectivity index (χ1v) is 8.77. The number of aromatic nitrogens is 3. The number of hydrogen-bond acceptors (Lipinski definition) is 5. The minimum absolute atomic E-state index is 0.598. The van der Waals surface area contributed by atoms with Crippen LogP contribution in [0.3, 0.4) is 0 Å². The van der Waals surface area contributed by atoms with Gasteiger partial charge in [0.15, 0.2) is 4.96 Å². The van der Waals surface area contributed by atoms with Crippen molar-refractivity contribution in [2.24, 2.45) is 5.73 Å². The van der Waals surface area contributed by atoms with E-state index in [2.05, 4.69) is 32.3 Å². The van der Waals surface area contributed by atoms with Gasteiger partial charge in [-0.15, -0.1) is 22.7 Å². The van der Waals surface area contributed by atoms with Crippen molar-refractivity contribution in [1.29, 1.82) is 0 Å². The summed E-state index contributed by atoms with van der Waals surface area (Å²) in [4.78, 5) is 11.3. The molecule has 4 aromatic rings. The molecule has 0 amide bonds. The number of nitrogens with zero attached hydrogens (tertiary/aromatic N) is 3. The number of imidazole rings is 1. The first kappa shape index (κ1) is 13.6. The maximum Gasteiger partial charge on any atom is 0.194 e. The second-order valence-corrected chi connectivity index (χ2v) is 6.69. The van der Waals surface area contributed by atoms with E-state index in [0.29, 0.717) is 6.54 Å². The highest BCUT2D eigenvalue weighted by Gasteiger charge is 2.18. The number of pyridine rings is 1. The van der Waals surface area contributed by atoms with Crippen LogP contribution in [0.4, 0.5) is 0 Å².